The predicted molar refractivity (Wildman–Crippen MR) is 45.4 cm³/mol. The third-order valence-electron chi connectivity index (χ3n) is 0.680. The summed E-state index contributed by atoms with van der Waals surface area (Å²) in [6.45, 7) is 0. The molecule has 0 aromatic carbocycles. The molecular formula is C5H9NOS2. The number of nitrogens with zero attached hydrogens (tertiary/aromatic N) is 1. The molecule has 0 bridgehead atoms. The summed E-state index contributed by atoms with van der Waals surface area (Å²) in [4.78, 5) is 0. The Morgan fingerprint density at radius 3 is 2.33 bits per heavy atom. The highest BCUT2D eigenvalue weighted by Crippen LogP contribution is 2.21. The van der Waals surface area contributed by atoms with Gasteiger partial charge in [0.05, 0.1) is 6.21 Å². The fourth-order valence-electron chi connectivity index (χ4n) is 0.314. The minimum Gasteiger partial charge on any atom is -0.411 e. The standard InChI is InChI=1S/C5H9NOS2/c1-8-5(9-2)3-4-6-7/h3-4,7H,1-2H3/b6-4+. The minimum atomic E-state index is 1.13. The summed E-state index contributed by atoms with van der Waals surface area (Å²) in [6.07, 6.45) is 7.08. The van der Waals surface area contributed by atoms with Crippen LogP contribution in [0.15, 0.2) is 15.5 Å². The Balaban J connectivity index is 3.75. The van der Waals surface area contributed by atoms with Crippen molar-refractivity contribution in [2.45, 2.75) is 0 Å². The van der Waals surface area contributed by atoms with Crippen molar-refractivity contribution in [1.82, 2.24) is 0 Å². The maximum atomic E-state index is 8.01. The van der Waals surface area contributed by atoms with Crippen LogP contribution in [0.1, 0.15) is 0 Å². The van der Waals surface area contributed by atoms with Crippen LogP contribution >= 0.6 is 23.5 Å². The van der Waals surface area contributed by atoms with Crippen LogP contribution in [0.2, 0.25) is 0 Å². The van der Waals surface area contributed by atoms with E-state index in [1.807, 2.05) is 12.5 Å². The molecule has 0 radical (unpaired) electrons. The highest BCUT2D eigenvalue weighted by Gasteiger charge is 1.86. The molecule has 1 N–H and O–H groups in total. The van der Waals surface area contributed by atoms with Gasteiger partial charge in [0.25, 0.3) is 0 Å². The van der Waals surface area contributed by atoms with Crippen LogP contribution in [0, 0.1) is 0 Å². The fraction of sp³-hybridized carbons (Fsp3) is 0.400. The average Bonchev–Trinajstić information content (AvgIpc) is 1.91. The molecule has 0 aliphatic rings. The van der Waals surface area contributed by atoms with Gasteiger partial charge in [-0.2, -0.15) is 0 Å². The lowest BCUT2D eigenvalue weighted by Crippen LogP contribution is -1.68. The Labute approximate surface area is 63.4 Å². The zero-order valence-corrected chi connectivity index (χ0v) is 7.00. The van der Waals surface area contributed by atoms with Crippen LogP contribution in [0.3, 0.4) is 0 Å². The van der Waals surface area contributed by atoms with E-state index >= 15 is 0 Å². The van der Waals surface area contributed by atoms with Crippen molar-refractivity contribution >= 4 is 29.7 Å². The van der Waals surface area contributed by atoms with Crippen LogP contribution < -0.4 is 0 Å². The van der Waals surface area contributed by atoms with Gasteiger partial charge in [-0.25, -0.2) is 0 Å². The first-order valence-corrected chi connectivity index (χ1v) is 4.75. The number of rotatable bonds is 3. The van der Waals surface area contributed by atoms with E-state index in [1.165, 1.54) is 6.21 Å². The topological polar surface area (TPSA) is 32.6 Å². The van der Waals surface area contributed by atoms with E-state index in [9.17, 15) is 0 Å². The van der Waals surface area contributed by atoms with Crippen molar-refractivity contribution in [1.29, 1.82) is 0 Å². The molecule has 0 rings (SSSR count). The predicted octanol–water partition coefficient (Wildman–Crippen LogP) is 2.01. The second kappa shape index (κ2) is 6.04. The molecule has 0 saturated heterocycles. The molecule has 0 fully saturated rings. The Kier molecular flexibility index (Phi) is 5.98. The van der Waals surface area contributed by atoms with E-state index in [1.54, 1.807) is 29.6 Å². The average molecular weight is 163 g/mol. The van der Waals surface area contributed by atoms with Gasteiger partial charge in [-0.1, -0.05) is 5.16 Å². The van der Waals surface area contributed by atoms with Crippen LogP contribution in [0.25, 0.3) is 0 Å². The summed E-state index contributed by atoms with van der Waals surface area (Å²) in [5, 5.41) is 10.9. The summed E-state index contributed by atoms with van der Waals surface area (Å²) in [6, 6.07) is 0. The Hall–Kier alpha value is -0.0900. The Morgan fingerprint density at radius 2 is 2.00 bits per heavy atom. The number of hydrogen-bond acceptors (Lipinski definition) is 4. The zero-order valence-electron chi connectivity index (χ0n) is 5.37. The molecule has 0 saturated carbocycles. The monoisotopic (exact) mass is 163 g/mol. The summed E-state index contributed by atoms with van der Waals surface area (Å²) < 4.78 is 1.13. The van der Waals surface area contributed by atoms with Crippen molar-refractivity contribution in [2.75, 3.05) is 12.5 Å². The van der Waals surface area contributed by atoms with Crippen LogP contribution in [0.4, 0.5) is 0 Å². The number of oxime groups is 1. The molecule has 0 spiro atoms. The van der Waals surface area contributed by atoms with Crippen molar-refractivity contribution in [3.63, 3.8) is 0 Å². The molecule has 52 valence electrons. The zero-order chi connectivity index (χ0) is 7.11. The molecule has 9 heavy (non-hydrogen) atoms. The molecular weight excluding hydrogens is 154 g/mol. The quantitative estimate of drug-likeness (QED) is 0.392. The first kappa shape index (κ1) is 8.91. The maximum absolute atomic E-state index is 8.01. The van der Waals surface area contributed by atoms with Gasteiger partial charge in [-0.3, -0.25) is 0 Å². The van der Waals surface area contributed by atoms with E-state index in [0.717, 1.165) is 4.24 Å². The van der Waals surface area contributed by atoms with Gasteiger partial charge in [0.2, 0.25) is 0 Å². The lowest BCUT2D eigenvalue weighted by atomic mass is 10.7. The molecule has 0 heterocycles. The summed E-state index contributed by atoms with van der Waals surface area (Å²) in [7, 11) is 0. The number of thioether (sulfide) groups is 2. The van der Waals surface area contributed by atoms with Crippen molar-refractivity contribution in [2.24, 2.45) is 5.16 Å². The Bertz CT molecular complexity index is 116. The van der Waals surface area contributed by atoms with Gasteiger partial charge in [0.15, 0.2) is 0 Å². The molecule has 0 aromatic rings. The van der Waals surface area contributed by atoms with Crippen molar-refractivity contribution in [3.05, 3.63) is 10.3 Å². The van der Waals surface area contributed by atoms with E-state index in [-0.39, 0.29) is 0 Å². The summed E-state index contributed by atoms with van der Waals surface area (Å²) in [5.74, 6) is 0. The lowest BCUT2D eigenvalue weighted by molar-refractivity contribution is 0.322. The summed E-state index contributed by atoms with van der Waals surface area (Å²) in [5.41, 5.74) is 0. The van der Waals surface area contributed by atoms with Crippen LogP contribution in [0.5, 0.6) is 0 Å². The second-order valence-corrected chi connectivity index (χ2v) is 3.11. The second-order valence-electron chi connectivity index (χ2n) is 1.16. The van der Waals surface area contributed by atoms with E-state index in [0.29, 0.717) is 0 Å². The normalized spacial score (nSPS) is 10.0. The summed E-state index contributed by atoms with van der Waals surface area (Å²) >= 11 is 3.26. The lowest BCUT2D eigenvalue weighted by Gasteiger charge is -1.92. The van der Waals surface area contributed by atoms with Crippen molar-refractivity contribution < 1.29 is 5.21 Å². The van der Waals surface area contributed by atoms with Crippen LogP contribution in [-0.2, 0) is 0 Å². The molecule has 0 atom stereocenters. The minimum absolute atomic E-state index is 1.13. The molecule has 0 aromatic heterocycles. The van der Waals surface area contributed by atoms with Crippen LogP contribution in [-0.4, -0.2) is 23.9 Å². The van der Waals surface area contributed by atoms with E-state index in [2.05, 4.69) is 5.16 Å². The molecule has 2 nitrogen and oxygen atoms in total. The third kappa shape index (κ3) is 4.42. The molecule has 0 aliphatic heterocycles. The van der Waals surface area contributed by atoms with E-state index < -0.39 is 0 Å². The fourth-order valence-corrected chi connectivity index (χ4v) is 1.37. The highest BCUT2D eigenvalue weighted by atomic mass is 32.2. The smallest absolute Gasteiger partial charge is 0.0677 e. The van der Waals surface area contributed by atoms with Gasteiger partial charge >= 0.3 is 0 Å². The first-order chi connectivity index (χ1) is 4.35. The molecule has 0 aliphatic carbocycles. The third-order valence-corrected chi connectivity index (χ3v) is 2.76. The van der Waals surface area contributed by atoms with E-state index in [4.69, 9.17) is 5.21 Å². The largest absolute Gasteiger partial charge is 0.411 e. The van der Waals surface area contributed by atoms with Gasteiger partial charge in [-0.15, -0.1) is 23.5 Å². The van der Waals surface area contributed by atoms with Gasteiger partial charge in [0.1, 0.15) is 0 Å². The Morgan fingerprint density at radius 1 is 1.44 bits per heavy atom. The molecule has 4 heteroatoms. The number of hydrogen-bond donors (Lipinski definition) is 1. The van der Waals surface area contributed by atoms with Gasteiger partial charge in [-0.05, 0) is 18.6 Å². The maximum Gasteiger partial charge on any atom is 0.0677 e. The van der Waals surface area contributed by atoms with Gasteiger partial charge in [0, 0.05) is 4.24 Å². The molecule has 0 unspecified atom stereocenters. The SMILES string of the molecule is CSC(=C/C=N/O)SC. The van der Waals surface area contributed by atoms with Crippen molar-refractivity contribution in [3.8, 4) is 0 Å². The highest BCUT2D eigenvalue weighted by molar-refractivity contribution is 8.21. The first-order valence-electron chi connectivity index (χ1n) is 2.30. The van der Waals surface area contributed by atoms with Gasteiger partial charge < -0.3 is 5.21 Å². The number of allylic oxidation sites excluding steroid dienone is 1. The molecule has 0 amide bonds.